The third-order valence-corrected chi connectivity index (χ3v) is 4.13. The van der Waals surface area contributed by atoms with E-state index in [9.17, 15) is 0 Å². The summed E-state index contributed by atoms with van der Waals surface area (Å²) < 4.78 is 7.68. The molecular weight excluding hydrogens is 264 g/mol. The average molecular weight is 286 g/mol. The number of hydrogen-bond donors (Lipinski definition) is 1. The van der Waals surface area contributed by atoms with Crippen LogP contribution in [0.4, 0.5) is 0 Å². The first-order chi connectivity index (χ1) is 10.2. The molecule has 2 atom stereocenters. The molecule has 0 saturated heterocycles. The maximum Gasteiger partial charge on any atom is 0.149 e. The second kappa shape index (κ2) is 5.85. The van der Waals surface area contributed by atoms with Gasteiger partial charge in [-0.05, 0) is 26.3 Å². The molecule has 0 saturated carbocycles. The molecule has 0 spiro atoms. The van der Waals surface area contributed by atoms with Crippen LogP contribution in [0.2, 0.25) is 0 Å². The van der Waals surface area contributed by atoms with Gasteiger partial charge in [0.2, 0.25) is 0 Å². The molecule has 0 radical (unpaired) electrons. The molecule has 3 rings (SSSR count). The van der Waals surface area contributed by atoms with E-state index in [4.69, 9.17) is 4.74 Å². The smallest absolute Gasteiger partial charge is 0.149 e. The van der Waals surface area contributed by atoms with E-state index in [2.05, 4.69) is 40.0 Å². The number of nitrogens with one attached hydrogen (secondary N) is 1. The van der Waals surface area contributed by atoms with Crippen LogP contribution in [0.3, 0.4) is 0 Å². The predicted octanol–water partition coefficient (Wildman–Crippen LogP) is 2.64. The van der Waals surface area contributed by atoms with Crippen LogP contribution in [0.25, 0.3) is 0 Å². The van der Waals surface area contributed by atoms with Gasteiger partial charge in [0.25, 0.3) is 0 Å². The van der Waals surface area contributed by atoms with E-state index >= 15 is 0 Å². The highest BCUT2D eigenvalue weighted by molar-refractivity contribution is 5.35. The van der Waals surface area contributed by atoms with E-state index in [1.54, 1.807) is 7.11 Å². The van der Waals surface area contributed by atoms with Crippen molar-refractivity contribution < 1.29 is 4.74 Å². The van der Waals surface area contributed by atoms with Crippen molar-refractivity contribution in [3.05, 3.63) is 41.5 Å². The molecule has 5 heteroatoms. The van der Waals surface area contributed by atoms with Crippen LogP contribution in [0.15, 0.2) is 24.3 Å². The SMILES string of the molecule is COc1ccccc1C(C)NC(C)c1nnc2n1CCC2. The number of para-hydroxylation sites is 1. The molecule has 1 aliphatic rings. The highest BCUT2D eigenvalue weighted by atomic mass is 16.5. The Bertz CT molecular complexity index is 622. The Morgan fingerprint density at radius 3 is 2.81 bits per heavy atom. The Morgan fingerprint density at radius 1 is 1.19 bits per heavy atom. The third kappa shape index (κ3) is 2.65. The van der Waals surface area contributed by atoms with Gasteiger partial charge in [0, 0.05) is 24.6 Å². The van der Waals surface area contributed by atoms with Gasteiger partial charge in [-0.25, -0.2) is 0 Å². The second-order valence-corrected chi connectivity index (χ2v) is 5.58. The molecule has 2 heterocycles. The standard InChI is InChI=1S/C16H22N4O/c1-11(13-7-4-5-8-14(13)21-3)17-12(2)16-19-18-15-9-6-10-20(15)16/h4-5,7-8,11-12,17H,6,9-10H2,1-3H3. The van der Waals surface area contributed by atoms with Gasteiger partial charge in [-0.2, -0.15) is 0 Å². The van der Waals surface area contributed by atoms with Gasteiger partial charge >= 0.3 is 0 Å². The van der Waals surface area contributed by atoms with Crippen LogP contribution in [-0.2, 0) is 13.0 Å². The van der Waals surface area contributed by atoms with Crippen molar-refractivity contribution in [2.75, 3.05) is 7.11 Å². The van der Waals surface area contributed by atoms with Crippen LogP contribution in [-0.4, -0.2) is 21.9 Å². The molecular formula is C16H22N4O. The van der Waals surface area contributed by atoms with Crippen molar-refractivity contribution >= 4 is 0 Å². The molecule has 0 amide bonds. The molecule has 1 N–H and O–H groups in total. The normalized spacial score (nSPS) is 16.5. The minimum absolute atomic E-state index is 0.157. The van der Waals surface area contributed by atoms with Gasteiger partial charge in [0.05, 0.1) is 13.2 Å². The second-order valence-electron chi connectivity index (χ2n) is 5.58. The Hall–Kier alpha value is -1.88. The maximum absolute atomic E-state index is 5.44. The quantitative estimate of drug-likeness (QED) is 0.918. The minimum atomic E-state index is 0.157. The molecule has 112 valence electrons. The van der Waals surface area contributed by atoms with Crippen LogP contribution >= 0.6 is 0 Å². The summed E-state index contributed by atoms with van der Waals surface area (Å²) in [6.07, 6.45) is 2.22. The molecule has 1 aromatic carbocycles. The number of hydrogen-bond acceptors (Lipinski definition) is 4. The highest BCUT2D eigenvalue weighted by Crippen LogP contribution is 2.27. The predicted molar refractivity (Wildman–Crippen MR) is 81.3 cm³/mol. The first kappa shape index (κ1) is 14.1. The Kier molecular flexibility index (Phi) is 3.92. The zero-order valence-electron chi connectivity index (χ0n) is 12.8. The Balaban J connectivity index is 1.76. The maximum atomic E-state index is 5.44. The van der Waals surface area contributed by atoms with E-state index in [0.717, 1.165) is 35.9 Å². The van der Waals surface area contributed by atoms with Crippen molar-refractivity contribution in [3.63, 3.8) is 0 Å². The van der Waals surface area contributed by atoms with E-state index in [1.165, 1.54) is 6.42 Å². The number of nitrogens with zero attached hydrogens (tertiary/aromatic N) is 3. The Labute approximate surface area is 125 Å². The lowest BCUT2D eigenvalue weighted by Gasteiger charge is -2.21. The van der Waals surface area contributed by atoms with Gasteiger partial charge in [-0.3, -0.25) is 0 Å². The van der Waals surface area contributed by atoms with Crippen molar-refractivity contribution in [3.8, 4) is 5.75 Å². The molecule has 0 bridgehead atoms. The molecule has 5 nitrogen and oxygen atoms in total. The fraction of sp³-hybridized carbons (Fsp3) is 0.500. The van der Waals surface area contributed by atoms with Gasteiger partial charge in [0.1, 0.15) is 17.4 Å². The average Bonchev–Trinajstić information content (AvgIpc) is 3.09. The van der Waals surface area contributed by atoms with Crippen LogP contribution in [0.5, 0.6) is 5.75 Å². The largest absolute Gasteiger partial charge is 0.496 e. The summed E-state index contributed by atoms with van der Waals surface area (Å²) in [6, 6.07) is 8.46. The van der Waals surface area contributed by atoms with E-state index in [-0.39, 0.29) is 12.1 Å². The lowest BCUT2D eigenvalue weighted by molar-refractivity contribution is 0.393. The number of fused-ring (bicyclic) bond motifs is 1. The summed E-state index contributed by atoms with van der Waals surface area (Å²) in [5, 5.41) is 12.2. The summed E-state index contributed by atoms with van der Waals surface area (Å²) in [5.74, 6) is 3.06. The fourth-order valence-corrected chi connectivity index (χ4v) is 3.06. The molecule has 1 aromatic heterocycles. The number of aromatic nitrogens is 3. The molecule has 0 aliphatic carbocycles. The number of benzene rings is 1. The van der Waals surface area contributed by atoms with Crippen LogP contribution in [0, 0.1) is 0 Å². The summed E-state index contributed by atoms with van der Waals surface area (Å²) in [5.41, 5.74) is 1.16. The lowest BCUT2D eigenvalue weighted by atomic mass is 10.1. The first-order valence-electron chi connectivity index (χ1n) is 7.51. The zero-order chi connectivity index (χ0) is 14.8. The van der Waals surface area contributed by atoms with Gasteiger partial charge < -0.3 is 14.6 Å². The van der Waals surface area contributed by atoms with Crippen LogP contribution in [0.1, 0.15) is 49.6 Å². The molecule has 2 unspecified atom stereocenters. The summed E-state index contributed by atoms with van der Waals surface area (Å²) in [4.78, 5) is 0. The number of rotatable bonds is 5. The molecule has 1 aliphatic heterocycles. The number of methoxy groups -OCH3 is 1. The molecule has 21 heavy (non-hydrogen) atoms. The van der Waals surface area contributed by atoms with E-state index in [0.29, 0.717) is 0 Å². The highest BCUT2D eigenvalue weighted by Gasteiger charge is 2.23. The number of aryl methyl sites for hydroxylation is 1. The van der Waals surface area contributed by atoms with Crippen molar-refractivity contribution in [2.45, 2.75) is 45.3 Å². The van der Waals surface area contributed by atoms with E-state index < -0.39 is 0 Å². The van der Waals surface area contributed by atoms with E-state index in [1.807, 2.05) is 18.2 Å². The van der Waals surface area contributed by atoms with Crippen LogP contribution < -0.4 is 10.1 Å². The fourth-order valence-electron chi connectivity index (χ4n) is 3.06. The Morgan fingerprint density at radius 2 is 2.00 bits per heavy atom. The molecule has 2 aromatic rings. The van der Waals surface area contributed by atoms with Gasteiger partial charge in [-0.15, -0.1) is 10.2 Å². The zero-order valence-corrected chi connectivity index (χ0v) is 12.8. The van der Waals surface area contributed by atoms with Gasteiger partial charge in [-0.1, -0.05) is 18.2 Å². The molecule has 0 fully saturated rings. The topological polar surface area (TPSA) is 52.0 Å². The lowest BCUT2D eigenvalue weighted by Crippen LogP contribution is -2.25. The monoisotopic (exact) mass is 286 g/mol. The van der Waals surface area contributed by atoms with Crippen molar-refractivity contribution in [1.29, 1.82) is 0 Å². The summed E-state index contributed by atoms with van der Waals surface area (Å²) in [6.45, 7) is 5.32. The minimum Gasteiger partial charge on any atom is -0.496 e. The van der Waals surface area contributed by atoms with Gasteiger partial charge in [0.15, 0.2) is 0 Å². The number of ether oxygens (including phenoxy) is 1. The van der Waals surface area contributed by atoms with Crippen molar-refractivity contribution in [1.82, 2.24) is 20.1 Å². The first-order valence-corrected chi connectivity index (χ1v) is 7.51. The van der Waals surface area contributed by atoms with Crippen molar-refractivity contribution in [2.24, 2.45) is 0 Å². The summed E-state index contributed by atoms with van der Waals surface area (Å²) >= 11 is 0. The summed E-state index contributed by atoms with van der Waals surface area (Å²) in [7, 11) is 1.71. The third-order valence-electron chi connectivity index (χ3n) is 4.13.